The summed E-state index contributed by atoms with van der Waals surface area (Å²) < 4.78 is 25.3. The number of para-hydroxylation sites is 1. The van der Waals surface area contributed by atoms with E-state index < -0.39 is 10.9 Å². The Hall–Kier alpha value is -3.75. The molecule has 0 aliphatic rings. The Morgan fingerprint density at radius 2 is 1.93 bits per heavy atom. The first-order valence-corrected chi connectivity index (χ1v) is 8.75. The van der Waals surface area contributed by atoms with E-state index in [0.717, 1.165) is 11.8 Å². The Kier molecular flexibility index (Phi) is 6.18. The number of carbonyl (C=O) groups excluding carboxylic acids is 1. The molecule has 2 aromatic carbocycles. The van der Waals surface area contributed by atoms with Crippen LogP contribution >= 0.6 is 0 Å². The molecule has 0 fully saturated rings. The molecule has 3 aromatic rings. The lowest BCUT2D eigenvalue weighted by atomic mass is 10.2. The van der Waals surface area contributed by atoms with Crippen molar-refractivity contribution >= 4 is 11.8 Å². The summed E-state index contributed by atoms with van der Waals surface area (Å²) in [6, 6.07) is 12.4. The number of aromatic nitrogens is 2. The number of halogens is 1. The van der Waals surface area contributed by atoms with Crippen LogP contribution in [0, 0.1) is 22.9 Å². The van der Waals surface area contributed by atoms with E-state index >= 15 is 0 Å². The summed E-state index contributed by atoms with van der Waals surface area (Å²) in [5.74, 6) is -0.338. The van der Waals surface area contributed by atoms with E-state index in [0.29, 0.717) is 11.6 Å². The van der Waals surface area contributed by atoms with Gasteiger partial charge in [0.05, 0.1) is 0 Å². The number of benzene rings is 2. The number of nitro groups is 1. The smallest absolute Gasteiger partial charge is 0.342 e. The van der Waals surface area contributed by atoms with Crippen LogP contribution in [0.4, 0.5) is 10.2 Å². The van der Waals surface area contributed by atoms with E-state index in [9.17, 15) is 19.3 Å². The third kappa shape index (κ3) is 4.95. The summed E-state index contributed by atoms with van der Waals surface area (Å²) in [4.78, 5) is 26.8. The fourth-order valence-corrected chi connectivity index (χ4v) is 2.69. The normalized spacial score (nSPS) is 10.6. The molecule has 0 aliphatic carbocycles. The van der Waals surface area contributed by atoms with Gasteiger partial charge in [0.25, 0.3) is 0 Å². The first-order chi connectivity index (χ1) is 14.0. The molecule has 0 radical (unpaired) electrons. The molecule has 29 heavy (non-hydrogen) atoms. The minimum atomic E-state index is -0.611. The number of hydrogen-bond donors (Lipinski definition) is 0. The standard InChI is InChI=1S/C20H18FN3O5/c1-14-22-12-19(24(26)27)23(14)10-11-28-20(25)17-4-2-3-5-18(17)29-13-15-6-8-16(21)9-7-15/h2-9,12H,10-11,13H2,1H3. The molecule has 0 atom stereocenters. The van der Waals surface area contributed by atoms with Crippen molar-refractivity contribution in [2.24, 2.45) is 0 Å². The van der Waals surface area contributed by atoms with Crippen LogP contribution in [0.3, 0.4) is 0 Å². The number of esters is 1. The molecule has 9 heteroatoms. The maximum atomic E-state index is 13.0. The highest BCUT2D eigenvalue weighted by Gasteiger charge is 2.19. The van der Waals surface area contributed by atoms with Crippen molar-refractivity contribution in [3.8, 4) is 5.75 Å². The van der Waals surface area contributed by atoms with E-state index in [4.69, 9.17) is 9.47 Å². The SMILES string of the molecule is Cc1ncc([N+](=O)[O-])n1CCOC(=O)c1ccccc1OCc1ccc(F)cc1. The average Bonchev–Trinajstić information content (AvgIpc) is 3.08. The molecule has 1 aromatic heterocycles. The lowest BCUT2D eigenvalue weighted by molar-refractivity contribution is -0.392. The zero-order valence-electron chi connectivity index (χ0n) is 15.6. The molecule has 0 bridgehead atoms. The minimum absolute atomic E-state index is 0.0663. The van der Waals surface area contributed by atoms with Crippen LogP contribution in [-0.4, -0.2) is 27.1 Å². The van der Waals surface area contributed by atoms with Crippen molar-refractivity contribution in [1.29, 1.82) is 0 Å². The quantitative estimate of drug-likeness (QED) is 0.326. The van der Waals surface area contributed by atoms with Crippen LogP contribution < -0.4 is 4.74 Å². The zero-order chi connectivity index (χ0) is 20.8. The average molecular weight is 399 g/mol. The molecule has 0 N–H and O–H groups in total. The maximum absolute atomic E-state index is 13.0. The van der Waals surface area contributed by atoms with Gasteiger partial charge >= 0.3 is 11.8 Å². The maximum Gasteiger partial charge on any atom is 0.342 e. The summed E-state index contributed by atoms with van der Waals surface area (Å²) in [7, 11) is 0. The van der Waals surface area contributed by atoms with E-state index in [1.807, 2.05) is 0 Å². The number of nitrogens with zero attached hydrogens (tertiary/aromatic N) is 3. The van der Waals surface area contributed by atoms with E-state index in [1.165, 1.54) is 16.7 Å². The Labute approximate surface area is 165 Å². The van der Waals surface area contributed by atoms with Gasteiger partial charge in [0.15, 0.2) is 5.82 Å². The van der Waals surface area contributed by atoms with E-state index in [2.05, 4.69) is 4.98 Å². The first-order valence-electron chi connectivity index (χ1n) is 8.75. The lowest BCUT2D eigenvalue weighted by Crippen LogP contribution is -2.14. The third-order valence-corrected chi connectivity index (χ3v) is 4.18. The predicted octanol–water partition coefficient (Wildman–Crippen LogP) is 3.67. The zero-order valence-corrected chi connectivity index (χ0v) is 15.6. The Morgan fingerprint density at radius 1 is 1.21 bits per heavy atom. The molecule has 0 saturated carbocycles. The molecule has 8 nitrogen and oxygen atoms in total. The monoisotopic (exact) mass is 399 g/mol. The van der Waals surface area contributed by atoms with Crippen LogP contribution in [0.5, 0.6) is 5.75 Å². The van der Waals surface area contributed by atoms with E-state index in [1.54, 1.807) is 43.3 Å². The van der Waals surface area contributed by atoms with Gasteiger partial charge in [-0.3, -0.25) is 0 Å². The molecule has 0 saturated heterocycles. The largest absolute Gasteiger partial charge is 0.488 e. The topological polar surface area (TPSA) is 96.5 Å². The fourth-order valence-electron chi connectivity index (χ4n) is 2.69. The van der Waals surface area contributed by atoms with Crippen LogP contribution in [-0.2, 0) is 17.9 Å². The highest BCUT2D eigenvalue weighted by molar-refractivity contribution is 5.92. The number of hydrogen-bond acceptors (Lipinski definition) is 6. The summed E-state index contributed by atoms with van der Waals surface area (Å²) in [5, 5.41) is 11.0. The summed E-state index contributed by atoms with van der Waals surface area (Å²) >= 11 is 0. The number of imidazole rings is 1. The summed E-state index contributed by atoms with van der Waals surface area (Å²) in [6.07, 6.45) is 1.16. The van der Waals surface area contributed by atoms with Crippen molar-refractivity contribution < 1.29 is 23.6 Å². The fraction of sp³-hybridized carbons (Fsp3) is 0.200. The molecule has 0 amide bonds. The second kappa shape index (κ2) is 8.96. The van der Waals surface area contributed by atoms with Crippen LogP contribution in [0.15, 0.2) is 54.7 Å². The molecule has 3 rings (SSSR count). The second-order valence-corrected chi connectivity index (χ2v) is 6.12. The molecular formula is C20H18FN3O5. The minimum Gasteiger partial charge on any atom is -0.488 e. The summed E-state index contributed by atoms with van der Waals surface area (Å²) in [6.45, 7) is 1.83. The highest BCUT2D eigenvalue weighted by Crippen LogP contribution is 2.21. The predicted molar refractivity (Wildman–Crippen MR) is 101 cm³/mol. The number of rotatable bonds is 8. The van der Waals surface area contributed by atoms with Gasteiger partial charge < -0.3 is 19.6 Å². The molecule has 1 heterocycles. The molecule has 0 spiro atoms. The van der Waals surface area contributed by atoms with Gasteiger partial charge in [-0.25, -0.2) is 18.7 Å². The second-order valence-electron chi connectivity index (χ2n) is 6.12. The number of ether oxygens (including phenoxy) is 2. The molecule has 0 unspecified atom stereocenters. The third-order valence-electron chi connectivity index (χ3n) is 4.18. The van der Waals surface area contributed by atoms with Crippen molar-refractivity contribution in [2.45, 2.75) is 20.1 Å². The van der Waals surface area contributed by atoms with Crippen LogP contribution in [0.1, 0.15) is 21.7 Å². The number of carbonyl (C=O) groups is 1. The van der Waals surface area contributed by atoms with Crippen molar-refractivity contribution in [1.82, 2.24) is 9.55 Å². The van der Waals surface area contributed by atoms with Crippen molar-refractivity contribution in [3.63, 3.8) is 0 Å². The lowest BCUT2D eigenvalue weighted by Gasteiger charge is -2.11. The van der Waals surface area contributed by atoms with Gasteiger partial charge in [-0.05, 0) is 34.8 Å². The molecule has 150 valence electrons. The summed E-state index contributed by atoms with van der Waals surface area (Å²) in [5.41, 5.74) is 0.976. The van der Waals surface area contributed by atoms with Gasteiger partial charge in [-0.2, -0.15) is 0 Å². The Bertz CT molecular complexity index is 1020. The van der Waals surface area contributed by atoms with Crippen LogP contribution in [0.25, 0.3) is 0 Å². The molecular weight excluding hydrogens is 381 g/mol. The van der Waals surface area contributed by atoms with Crippen molar-refractivity contribution in [3.05, 3.63) is 87.6 Å². The Morgan fingerprint density at radius 3 is 2.66 bits per heavy atom. The van der Waals surface area contributed by atoms with E-state index in [-0.39, 0.29) is 37.0 Å². The van der Waals surface area contributed by atoms with Crippen molar-refractivity contribution in [2.75, 3.05) is 6.61 Å². The van der Waals surface area contributed by atoms with Gasteiger partial charge in [0, 0.05) is 6.92 Å². The highest BCUT2D eigenvalue weighted by atomic mass is 19.1. The van der Waals surface area contributed by atoms with Crippen LogP contribution in [0.2, 0.25) is 0 Å². The Balaban J connectivity index is 1.62. The van der Waals surface area contributed by atoms with Gasteiger partial charge in [0.1, 0.15) is 43.1 Å². The van der Waals surface area contributed by atoms with Gasteiger partial charge in [-0.15, -0.1) is 0 Å². The first kappa shape index (κ1) is 20.0. The molecule has 0 aliphatic heterocycles. The van der Waals surface area contributed by atoms with Gasteiger partial charge in [0.2, 0.25) is 0 Å². The number of aryl methyl sites for hydroxylation is 1. The van der Waals surface area contributed by atoms with Gasteiger partial charge in [-0.1, -0.05) is 24.3 Å².